The van der Waals surface area contributed by atoms with E-state index in [1.54, 1.807) is 13.0 Å². The minimum Gasteiger partial charge on any atom is -0.328 e. The third-order valence-corrected chi connectivity index (χ3v) is 3.87. The topological polar surface area (TPSA) is 66.5 Å². The molecule has 1 N–H and O–H groups in total. The highest BCUT2D eigenvalue weighted by molar-refractivity contribution is 6.23. The van der Waals surface area contributed by atoms with Crippen molar-refractivity contribution in [3.8, 4) is 0 Å². The Bertz CT molecular complexity index is 743. The maximum Gasteiger partial charge on any atom is 0.265 e. The van der Waals surface area contributed by atoms with Gasteiger partial charge in [-0.1, -0.05) is 6.08 Å². The lowest BCUT2D eigenvalue weighted by Crippen LogP contribution is -2.51. The van der Waals surface area contributed by atoms with Crippen LogP contribution in [-0.4, -0.2) is 28.7 Å². The molecule has 1 atom stereocenters. The number of fused-ring (bicyclic) bond motifs is 1. The summed E-state index contributed by atoms with van der Waals surface area (Å²) in [7, 11) is 0. The van der Waals surface area contributed by atoms with Gasteiger partial charge in [0.05, 0.1) is 11.1 Å². The second-order valence-corrected chi connectivity index (χ2v) is 5.15. The highest BCUT2D eigenvalue weighted by Crippen LogP contribution is 2.30. The van der Waals surface area contributed by atoms with Gasteiger partial charge in [-0.3, -0.25) is 19.3 Å². The van der Waals surface area contributed by atoms with E-state index in [1.807, 2.05) is 0 Å². The zero-order chi connectivity index (χ0) is 16.0. The summed E-state index contributed by atoms with van der Waals surface area (Å²) in [6.07, 6.45) is 2.46. The van der Waals surface area contributed by atoms with Crippen molar-refractivity contribution in [2.24, 2.45) is 0 Å². The predicted molar refractivity (Wildman–Crippen MR) is 71.8 cm³/mol. The molecule has 1 saturated heterocycles. The smallest absolute Gasteiger partial charge is 0.265 e. The van der Waals surface area contributed by atoms with Gasteiger partial charge in [-0.25, -0.2) is 8.78 Å². The standard InChI is InChI=1S/C15H12F2N2O3/c1-2-8-3-4-11(13(20)18-8)19-14(21)9-5-7(16)6-10(17)12(9)15(19)22/h2,5-6,11H,3-4H2,1H3,(H,18,20). The van der Waals surface area contributed by atoms with Gasteiger partial charge in [0.1, 0.15) is 17.7 Å². The SMILES string of the molecule is CC=C1CCC(N2C(=O)c3cc(F)cc(F)c3C2=O)C(=O)N1. The number of imide groups is 1. The number of halogens is 2. The van der Waals surface area contributed by atoms with Crippen LogP contribution in [0.3, 0.4) is 0 Å². The molecule has 0 aromatic heterocycles. The van der Waals surface area contributed by atoms with Crippen LogP contribution in [0.15, 0.2) is 23.9 Å². The van der Waals surface area contributed by atoms with Crippen LogP contribution < -0.4 is 5.32 Å². The average Bonchev–Trinajstić information content (AvgIpc) is 2.71. The van der Waals surface area contributed by atoms with Crippen LogP contribution in [-0.2, 0) is 4.79 Å². The second kappa shape index (κ2) is 5.01. The van der Waals surface area contributed by atoms with Crippen molar-refractivity contribution in [2.45, 2.75) is 25.8 Å². The Morgan fingerprint density at radius 3 is 2.59 bits per heavy atom. The normalized spacial score (nSPS) is 23.0. The Morgan fingerprint density at radius 1 is 1.23 bits per heavy atom. The number of hydrogen-bond acceptors (Lipinski definition) is 3. The molecule has 3 amide bonds. The highest BCUT2D eigenvalue weighted by Gasteiger charge is 2.45. The van der Waals surface area contributed by atoms with Crippen molar-refractivity contribution in [3.63, 3.8) is 0 Å². The van der Waals surface area contributed by atoms with Gasteiger partial charge >= 0.3 is 0 Å². The fraction of sp³-hybridized carbons (Fsp3) is 0.267. The van der Waals surface area contributed by atoms with Crippen molar-refractivity contribution in [1.29, 1.82) is 0 Å². The van der Waals surface area contributed by atoms with E-state index in [-0.39, 0.29) is 12.0 Å². The lowest BCUT2D eigenvalue weighted by molar-refractivity contribution is -0.125. The molecule has 22 heavy (non-hydrogen) atoms. The first-order valence-electron chi connectivity index (χ1n) is 6.77. The molecule has 2 heterocycles. The Hall–Kier alpha value is -2.57. The summed E-state index contributed by atoms with van der Waals surface area (Å²) in [5, 5.41) is 2.60. The number of amides is 3. The molecule has 7 heteroatoms. The van der Waals surface area contributed by atoms with Crippen LogP contribution in [0.4, 0.5) is 8.78 Å². The predicted octanol–water partition coefficient (Wildman–Crippen LogP) is 1.74. The number of hydrogen-bond donors (Lipinski definition) is 1. The van der Waals surface area contributed by atoms with Gasteiger partial charge in [0.15, 0.2) is 0 Å². The quantitative estimate of drug-likeness (QED) is 0.804. The minimum absolute atomic E-state index is 0.251. The van der Waals surface area contributed by atoms with E-state index in [4.69, 9.17) is 0 Å². The summed E-state index contributed by atoms with van der Waals surface area (Å²) >= 11 is 0. The van der Waals surface area contributed by atoms with Gasteiger partial charge in [0, 0.05) is 11.8 Å². The fourth-order valence-corrected chi connectivity index (χ4v) is 2.78. The molecule has 1 aromatic carbocycles. The van der Waals surface area contributed by atoms with Crippen LogP contribution in [0.25, 0.3) is 0 Å². The van der Waals surface area contributed by atoms with Gasteiger partial charge in [0.25, 0.3) is 11.8 Å². The third-order valence-electron chi connectivity index (χ3n) is 3.87. The molecular weight excluding hydrogens is 294 g/mol. The lowest BCUT2D eigenvalue weighted by atomic mass is 10.0. The van der Waals surface area contributed by atoms with Gasteiger partial charge < -0.3 is 5.32 Å². The van der Waals surface area contributed by atoms with E-state index in [2.05, 4.69) is 5.32 Å². The number of benzene rings is 1. The van der Waals surface area contributed by atoms with Crippen molar-refractivity contribution in [1.82, 2.24) is 10.2 Å². The maximum atomic E-state index is 13.8. The molecule has 2 aliphatic rings. The van der Waals surface area contributed by atoms with Gasteiger partial charge in [-0.15, -0.1) is 0 Å². The van der Waals surface area contributed by atoms with E-state index in [0.717, 1.165) is 11.0 Å². The molecule has 2 aliphatic heterocycles. The van der Waals surface area contributed by atoms with Crippen molar-refractivity contribution in [2.75, 3.05) is 0 Å². The van der Waals surface area contributed by atoms with Gasteiger partial charge in [-0.2, -0.15) is 0 Å². The van der Waals surface area contributed by atoms with E-state index < -0.39 is 41.0 Å². The van der Waals surface area contributed by atoms with Gasteiger partial charge in [-0.05, 0) is 25.8 Å². The number of nitrogens with one attached hydrogen (secondary N) is 1. The molecule has 1 aromatic rings. The van der Waals surface area contributed by atoms with Crippen molar-refractivity contribution in [3.05, 3.63) is 46.7 Å². The molecule has 1 fully saturated rings. The Balaban J connectivity index is 1.98. The molecule has 114 valence electrons. The van der Waals surface area contributed by atoms with Crippen LogP contribution in [0.1, 0.15) is 40.5 Å². The molecule has 5 nitrogen and oxygen atoms in total. The Kier molecular flexibility index (Phi) is 3.27. The number of rotatable bonds is 1. The van der Waals surface area contributed by atoms with E-state index in [1.165, 1.54) is 0 Å². The summed E-state index contributed by atoms with van der Waals surface area (Å²) in [5.74, 6) is -4.29. The minimum atomic E-state index is -1.10. The Labute approximate surface area is 124 Å². The molecule has 3 rings (SSSR count). The van der Waals surface area contributed by atoms with Crippen LogP contribution in [0.5, 0.6) is 0 Å². The zero-order valence-corrected chi connectivity index (χ0v) is 11.7. The van der Waals surface area contributed by atoms with Crippen LogP contribution in [0.2, 0.25) is 0 Å². The zero-order valence-electron chi connectivity index (χ0n) is 11.7. The van der Waals surface area contributed by atoms with Crippen LogP contribution >= 0.6 is 0 Å². The summed E-state index contributed by atoms with van der Waals surface area (Å²) in [6.45, 7) is 1.76. The van der Waals surface area contributed by atoms with Crippen molar-refractivity contribution < 1.29 is 23.2 Å². The van der Waals surface area contributed by atoms with Crippen molar-refractivity contribution >= 4 is 17.7 Å². The first-order valence-corrected chi connectivity index (χ1v) is 6.77. The first-order chi connectivity index (χ1) is 10.4. The van der Waals surface area contributed by atoms with E-state index >= 15 is 0 Å². The average molecular weight is 306 g/mol. The molecule has 0 saturated carbocycles. The van der Waals surface area contributed by atoms with E-state index in [9.17, 15) is 23.2 Å². The molecular formula is C15H12F2N2O3. The number of piperidine rings is 1. The third kappa shape index (κ3) is 2.01. The summed E-state index contributed by atoms with van der Waals surface area (Å²) < 4.78 is 27.0. The summed E-state index contributed by atoms with van der Waals surface area (Å²) in [4.78, 5) is 37.4. The summed E-state index contributed by atoms with van der Waals surface area (Å²) in [6, 6.07) is 0.349. The molecule has 0 aliphatic carbocycles. The maximum absolute atomic E-state index is 13.8. The largest absolute Gasteiger partial charge is 0.328 e. The highest BCUT2D eigenvalue weighted by atomic mass is 19.1. The molecule has 1 unspecified atom stereocenters. The first kappa shape index (κ1) is 14.4. The molecule has 0 bridgehead atoms. The number of allylic oxidation sites excluding steroid dienone is 2. The lowest BCUT2D eigenvalue weighted by Gasteiger charge is -2.29. The van der Waals surface area contributed by atoms with E-state index in [0.29, 0.717) is 18.2 Å². The molecule has 0 spiro atoms. The number of nitrogens with zero attached hydrogens (tertiary/aromatic N) is 1. The number of carbonyl (C=O) groups is 3. The number of carbonyl (C=O) groups excluding carboxylic acids is 3. The van der Waals surface area contributed by atoms with Crippen LogP contribution in [0, 0.1) is 11.6 Å². The Morgan fingerprint density at radius 2 is 1.95 bits per heavy atom. The fourth-order valence-electron chi connectivity index (χ4n) is 2.78. The summed E-state index contributed by atoms with van der Waals surface area (Å²) in [5.41, 5.74) is -0.113. The molecule has 0 radical (unpaired) electrons. The second-order valence-electron chi connectivity index (χ2n) is 5.15. The monoisotopic (exact) mass is 306 g/mol. The van der Waals surface area contributed by atoms with Gasteiger partial charge in [0.2, 0.25) is 5.91 Å².